The van der Waals surface area contributed by atoms with Crippen LogP contribution in [0.25, 0.3) is 0 Å². The fraction of sp³-hybridized carbons (Fsp3) is 0.923. The lowest BCUT2D eigenvalue weighted by atomic mass is 10.1. The van der Waals surface area contributed by atoms with Gasteiger partial charge in [-0.25, -0.2) is 0 Å². The number of likely N-dealkylation sites (N-methyl/N-ethyl adjacent to an activating group) is 1. The van der Waals surface area contributed by atoms with Crippen molar-refractivity contribution in [3.63, 3.8) is 0 Å². The maximum Gasteiger partial charge on any atom is 0.246 e. The summed E-state index contributed by atoms with van der Waals surface area (Å²) in [5.74, 6) is 0.000638. The largest absolute Gasteiger partial charge is 0.368 e. The summed E-state index contributed by atoms with van der Waals surface area (Å²) in [6, 6.07) is 0. The summed E-state index contributed by atoms with van der Waals surface area (Å²) in [7, 11) is 0. The highest BCUT2D eigenvalue weighted by atomic mass is 16.5. The van der Waals surface area contributed by atoms with Crippen LogP contribution < -0.4 is 10.6 Å². The Balaban J connectivity index is 2.02. The van der Waals surface area contributed by atoms with Crippen LogP contribution in [0.2, 0.25) is 0 Å². The molecule has 5 heteroatoms. The first-order valence-electron chi connectivity index (χ1n) is 7.07. The number of nitrogens with one attached hydrogen (secondary N) is 2. The number of rotatable bonds is 8. The van der Waals surface area contributed by atoms with Gasteiger partial charge in [-0.05, 0) is 39.0 Å². The zero-order valence-corrected chi connectivity index (χ0v) is 11.7. The minimum atomic E-state index is 0.000638. The molecule has 0 aromatic heterocycles. The van der Waals surface area contributed by atoms with Crippen molar-refractivity contribution in [2.45, 2.75) is 32.8 Å². The number of carbonyl (C=O) groups excluding carboxylic acids is 1. The van der Waals surface area contributed by atoms with Gasteiger partial charge in [0.1, 0.15) is 6.61 Å². The number of ether oxygens (including phenoxy) is 1. The lowest BCUT2D eigenvalue weighted by Gasteiger charge is -2.23. The first-order chi connectivity index (χ1) is 8.76. The highest BCUT2D eigenvalue weighted by Gasteiger charge is 2.14. The molecule has 1 fully saturated rings. The topological polar surface area (TPSA) is 53.6 Å². The van der Waals surface area contributed by atoms with Gasteiger partial charge in [0.25, 0.3) is 0 Å². The molecule has 1 aliphatic heterocycles. The minimum Gasteiger partial charge on any atom is -0.368 e. The van der Waals surface area contributed by atoms with Gasteiger partial charge < -0.3 is 20.3 Å². The third-order valence-electron chi connectivity index (χ3n) is 3.38. The van der Waals surface area contributed by atoms with Crippen molar-refractivity contribution in [3.8, 4) is 0 Å². The van der Waals surface area contributed by atoms with E-state index in [1.54, 1.807) is 0 Å². The van der Waals surface area contributed by atoms with Crippen LogP contribution in [0.3, 0.4) is 0 Å². The summed E-state index contributed by atoms with van der Waals surface area (Å²) in [5, 5.41) is 6.18. The van der Waals surface area contributed by atoms with Crippen molar-refractivity contribution in [1.82, 2.24) is 15.5 Å². The van der Waals surface area contributed by atoms with Gasteiger partial charge in [0.2, 0.25) is 5.91 Å². The SMILES string of the molecule is CCN(CC)CCNC(=O)COC1CCNCC1. The number of amides is 1. The van der Waals surface area contributed by atoms with Crippen LogP contribution in [0.4, 0.5) is 0 Å². The summed E-state index contributed by atoms with van der Waals surface area (Å²) in [5.41, 5.74) is 0. The Labute approximate surface area is 110 Å². The Kier molecular flexibility index (Phi) is 7.96. The second-order valence-corrected chi connectivity index (χ2v) is 4.64. The van der Waals surface area contributed by atoms with Crippen LogP contribution in [-0.2, 0) is 9.53 Å². The van der Waals surface area contributed by atoms with Crippen molar-refractivity contribution in [2.24, 2.45) is 0 Å². The van der Waals surface area contributed by atoms with Crippen LogP contribution in [0.5, 0.6) is 0 Å². The third-order valence-corrected chi connectivity index (χ3v) is 3.38. The average Bonchev–Trinajstić information content (AvgIpc) is 2.42. The van der Waals surface area contributed by atoms with E-state index in [2.05, 4.69) is 29.4 Å². The molecule has 1 aliphatic rings. The molecule has 2 N–H and O–H groups in total. The van der Waals surface area contributed by atoms with Crippen molar-refractivity contribution in [3.05, 3.63) is 0 Å². The minimum absolute atomic E-state index is 0.000638. The highest BCUT2D eigenvalue weighted by molar-refractivity contribution is 5.77. The van der Waals surface area contributed by atoms with Crippen LogP contribution >= 0.6 is 0 Å². The normalized spacial score (nSPS) is 17.1. The predicted octanol–water partition coefficient (Wildman–Crippen LogP) is 0.213. The van der Waals surface area contributed by atoms with Crippen LogP contribution in [-0.4, -0.2) is 62.8 Å². The molecule has 1 rings (SSSR count). The summed E-state index contributed by atoms with van der Waals surface area (Å²) < 4.78 is 5.59. The summed E-state index contributed by atoms with van der Waals surface area (Å²) >= 11 is 0. The van der Waals surface area contributed by atoms with E-state index in [0.717, 1.165) is 45.6 Å². The molecule has 0 aromatic carbocycles. The fourth-order valence-electron chi connectivity index (χ4n) is 2.10. The Morgan fingerprint density at radius 3 is 2.61 bits per heavy atom. The van der Waals surface area contributed by atoms with Crippen molar-refractivity contribution in [2.75, 3.05) is 45.9 Å². The number of hydrogen-bond donors (Lipinski definition) is 2. The maximum atomic E-state index is 11.6. The van der Waals surface area contributed by atoms with E-state index in [9.17, 15) is 4.79 Å². The molecule has 5 nitrogen and oxygen atoms in total. The van der Waals surface area contributed by atoms with Crippen molar-refractivity contribution in [1.29, 1.82) is 0 Å². The Bertz CT molecular complexity index is 226. The maximum absolute atomic E-state index is 11.6. The van der Waals surface area contributed by atoms with E-state index in [1.165, 1.54) is 0 Å². The Morgan fingerprint density at radius 2 is 2.00 bits per heavy atom. The Morgan fingerprint density at radius 1 is 1.33 bits per heavy atom. The first-order valence-corrected chi connectivity index (χ1v) is 7.07. The molecule has 0 unspecified atom stereocenters. The van der Waals surface area contributed by atoms with Gasteiger partial charge >= 0.3 is 0 Å². The molecule has 18 heavy (non-hydrogen) atoms. The standard InChI is InChI=1S/C13H27N3O2/c1-3-16(4-2)10-9-15-13(17)11-18-12-5-7-14-8-6-12/h12,14H,3-11H2,1-2H3,(H,15,17). The molecule has 1 saturated heterocycles. The quantitative estimate of drug-likeness (QED) is 0.653. The van der Waals surface area contributed by atoms with Gasteiger partial charge in [-0.1, -0.05) is 13.8 Å². The summed E-state index contributed by atoms with van der Waals surface area (Å²) in [6.45, 7) is 10.1. The molecular formula is C13H27N3O2. The number of nitrogens with zero attached hydrogens (tertiary/aromatic N) is 1. The molecule has 0 radical (unpaired) electrons. The zero-order chi connectivity index (χ0) is 13.2. The van der Waals surface area contributed by atoms with Crippen molar-refractivity contribution >= 4 is 5.91 Å². The fourth-order valence-corrected chi connectivity index (χ4v) is 2.10. The molecule has 0 aromatic rings. The van der Waals surface area contributed by atoms with Gasteiger partial charge in [-0.2, -0.15) is 0 Å². The van der Waals surface area contributed by atoms with Gasteiger partial charge in [0.15, 0.2) is 0 Å². The third kappa shape index (κ3) is 6.33. The molecular weight excluding hydrogens is 230 g/mol. The summed E-state index contributed by atoms with van der Waals surface area (Å²) in [6.07, 6.45) is 2.26. The molecule has 0 bridgehead atoms. The lowest BCUT2D eigenvalue weighted by Crippen LogP contribution is -2.38. The molecule has 0 aliphatic carbocycles. The van der Waals surface area contributed by atoms with Gasteiger partial charge in [0, 0.05) is 13.1 Å². The average molecular weight is 257 g/mol. The summed E-state index contributed by atoms with van der Waals surface area (Å²) in [4.78, 5) is 13.9. The van der Waals surface area contributed by atoms with E-state index in [0.29, 0.717) is 6.54 Å². The van der Waals surface area contributed by atoms with Gasteiger partial charge in [-0.15, -0.1) is 0 Å². The van der Waals surface area contributed by atoms with Crippen LogP contribution in [0.1, 0.15) is 26.7 Å². The van der Waals surface area contributed by atoms with Gasteiger partial charge in [-0.3, -0.25) is 4.79 Å². The lowest BCUT2D eigenvalue weighted by molar-refractivity contribution is -0.128. The van der Waals surface area contributed by atoms with Gasteiger partial charge in [0.05, 0.1) is 6.10 Å². The smallest absolute Gasteiger partial charge is 0.246 e. The second kappa shape index (κ2) is 9.30. The van der Waals surface area contributed by atoms with E-state index in [1.807, 2.05) is 0 Å². The second-order valence-electron chi connectivity index (χ2n) is 4.64. The van der Waals surface area contributed by atoms with E-state index < -0.39 is 0 Å². The van der Waals surface area contributed by atoms with E-state index >= 15 is 0 Å². The van der Waals surface area contributed by atoms with E-state index in [-0.39, 0.29) is 18.6 Å². The monoisotopic (exact) mass is 257 g/mol. The molecule has 0 atom stereocenters. The predicted molar refractivity (Wildman–Crippen MR) is 72.6 cm³/mol. The number of piperidine rings is 1. The molecule has 1 amide bonds. The van der Waals surface area contributed by atoms with E-state index in [4.69, 9.17) is 4.74 Å². The molecule has 106 valence electrons. The zero-order valence-electron chi connectivity index (χ0n) is 11.7. The number of carbonyl (C=O) groups is 1. The highest BCUT2D eigenvalue weighted by Crippen LogP contribution is 2.06. The van der Waals surface area contributed by atoms with Crippen LogP contribution in [0, 0.1) is 0 Å². The van der Waals surface area contributed by atoms with Crippen LogP contribution in [0.15, 0.2) is 0 Å². The number of hydrogen-bond acceptors (Lipinski definition) is 4. The first kappa shape index (κ1) is 15.4. The Hall–Kier alpha value is -0.650. The molecule has 0 saturated carbocycles. The molecule has 0 spiro atoms. The molecule has 1 heterocycles. The van der Waals surface area contributed by atoms with Crippen molar-refractivity contribution < 1.29 is 9.53 Å².